The molecule has 1 fully saturated rings. The second kappa shape index (κ2) is 6.46. The Kier molecular flexibility index (Phi) is 5.58. The van der Waals surface area contributed by atoms with Crippen LogP contribution in [0.5, 0.6) is 0 Å². The van der Waals surface area contributed by atoms with Crippen LogP contribution in [-0.4, -0.2) is 49.0 Å². The standard InChI is InChI=1S/C12H25NO2/c1-4-12(14)10(2)13-7-5-11(6-8-13)9-15-3/h10-12,14H,4-9H2,1-3H3. The van der Waals surface area contributed by atoms with Crippen LogP contribution >= 0.6 is 0 Å². The molecule has 1 aliphatic rings. The third-order valence-electron chi connectivity index (χ3n) is 3.60. The number of aliphatic hydroxyl groups excluding tert-OH is 1. The topological polar surface area (TPSA) is 32.7 Å². The fourth-order valence-corrected chi connectivity index (χ4v) is 2.35. The molecule has 0 aromatic carbocycles. The van der Waals surface area contributed by atoms with Gasteiger partial charge in [-0.2, -0.15) is 0 Å². The molecule has 1 saturated heterocycles. The number of likely N-dealkylation sites (tertiary alicyclic amines) is 1. The molecule has 1 rings (SSSR count). The van der Waals surface area contributed by atoms with Gasteiger partial charge in [0.25, 0.3) is 0 Å². The minimum absolute atomic E-state index is 0.177. The van der Waals surface area contributed by atoms with Crippen molar-refractivity contribution < 1.29 is 9.84 Å². The Labute approximate surface area is 93.4 Å². The van der Waals surface area contributed by atoms with Crippen LogP contribution in [0.15, 0.2) is 0 Å². The van der Waals surface area contributed by atoms with Gasteiger partial charge in [0.15, 0.2) is 0 Å². The summed E-state index contributed by atoms with van der Waals surface area (Å²) in [6.07, 6.45) is 3.08. The largest absolute Gasteiger partial charge is 0.392 e. The van der Waals surface area contributed by atoms with Crippen LogP contribution in [0.3, 0.4) is 0 Å². The summed E-state index contributed by atoms with van der Waals surface area (Å²) >= 11 is 0. The van der Waals surface area contributed by atoms with Crippen molar-refractivity contribution in [3.63, 3.8) is 0 Å². The van der Waals surface area contributed by atoms with E-state index in [1.165, 1.54) is 12.8 Å². The second-order valence-corrected chi connectivity index (χ2v) is 4.65. The van der Waals surface area contributed by atoms with Crippen LogP contribution in [0.4, 0.5) is 0 Å². The third-order valence-corrected chi connectivity index (χ3v) is 3.60. The maximum absolute atomic E-state index is 9.78. The highest BCUT2D eigenvalue weighted by Gasteiger charge is 2.25. The van der Waals surface area contributed by atoms with Gasteiger partial charge < -0.3 is 9.84 Å². The van der Waals surface area contributed by atoms with Crippen molar-refractivity contribution in [3.8, 4) is 0 Å². The van der Waals surface area contributed by atoms with E-state index in [-0.39, 0.29) is 6.10 Å². The van der Waals surface area contributed by atoms with Gasteiger partial charge in [0.05, 0.1) is 6.10 Å². The monoisotopic (exact) mass is 215 g/mol. The average molecular weight is 215 g/mol. The minimum Gasteiger partial charge on any atom is -0.392 e. The number of nitrogens with zero attached hydrogens (tertiary/aromatic N) is 1. The Morgan fingerprint density at radius 2 is 2.00 bits per heavy atom. The highest BCUT2D eigenvalue weighted by Crippen LogP contribution is 2.20. The molecular formula is C12H25NO2. The maximum Gasteiger partial charge on any atom is 0.0690 e. The summed E-state index contributed by atoms with van der Waals surface area (Å²) in [5, 5.41) is 9.78. The van der Waals surface area contributed by atoms with Gasteiger partial charge in [-0.25, -0.2) is 0 Å². The molecule has 0 saturated carbocycles. The molecule has 0 aromatic heterocycles. The lowest BCUT2D eigenvalue weighted by molar-refractivity contribution is 0.0245. The van der Waals surface area contributed by atoms with Crippen molar-refractivity contribution in [1.82, 2.24) is 4.90 Å². The quantitative estimate of drug-likeness (QED) is 0.754. The van der Waals surface area contributed by atoms with Gasteiger partial charge in [-0.3, -0.25) is 4.90 Å². The number of hydrogen-bond donors (Lipinski definition) is 1. The summed E-state index contributed by atoms with van der Waals surface area (Å²) in [6.45, 7) is 7.26. The molecule has 0 bridgehead atoms. The number of piperidine rings is 1. The van der Waals surface area contributed by atoms with Crippen LogP contribution in [0.2, 0.25) is 0 Å². The molecular weight excluding hydrogens is 190 g/mol. The van der Waals surface area contributed by atoms with Crippen molar-refractivity contribution in [2.24, 2.45) is 5.92 Å². The Bertz CT molecular complexity index is 167. The lowest BCUT2D eigenvalue weighted by Crippen LogP contribution is -2.46. The normalized spacial score (nSPS) is 24.0. The molecule has 3 nitrogen and oxygen atoms in total. The van der Waals surface area contributed by atoms with E-state index in [2.05, 4.69) is 11.8 Å². The van der Waals surface area contributed by atoms with Crippen molar-refractivity contribution in [2.75, 3.05) is 26.8 Å². The molecule has 0 amide bonds. The summed E-state index contributed by atoms with van der Waals surface area (Å²) in [5.74, 6) is 0.720. The molecule has 0 spiro atoms. The smallest absolute Gasteiger partial charge is 0.0690 e. The van der Waals surface area contributed by atoms with Gasteiger partial charge in [-0.05, 0) is 45.2 Å². The molecule has 2 atom stereocenters. The molecule has 90 valence electrons. The van der Waals surface area contributed by atoms with Gasteiger partial charge in [-0.15, -0.1) is 0 Å². The van der Waals surface area contributed by atoms with E-state index in [4.69, 9.17) is 4.74 Å². The molecule has 3 heteroatoms. The molecule has 0 radical (unpaired) electrons. The van der Waals surface area contributed by atoms with Crippen LogP contribution in [0.1, 0.15) is 33.1 Å². The lowest BCUT2D eigenvalue weighted by atomic mass is 9.95. The molecule has 1 aliphatic heterocycles. The third kappa shape index (κ3) is 3.74. The zero-order valence-electron chi connectivity index (χ0n) is 10.3. The average Bonchev–Trinajstić information content (AvgIpc) is 2.28. The van der Waals surface area contributed by atoms with Gasteiger partial charge in [0.2, 0.25) is 0 Å². The summed E-state index contributed by atoms with van der Waals surface area (Å²) in [6, 6.07) is 0.304. The SMILES string of the molecule is CCC(O)C(C)N1CCC(COC)CC1. The van der Waals surface area contributed by atoms with Crippen LogP contribution < -0.4 is 0 Å². The zero-order chi connectivity index (χ0) is 11.3. The van der Waals surface area contributed by atoms with Crippen LogP contribution in [0.25, 0.3) is 0 Å². The molecule has 0 aliphatic carbocycles. The molecule has 15 heavy (non-hydrogen) atoms. The van der Waals surface area contributed by atoms with E-state index >= 15 is 0 Å². The molecule has 2 unspecified atom stereocenters. The number of ether oxygens (including phenoxy) is 1. The summed E-state index contributed by atoms with van der Waals surface area (Å²) in [5.41, 5.74) is 0. The van der Waals surface area contributed by atoms with Gasteiger partial charge in [0, 0.05) is 19.8 Å². The van der Waals surface area contributed by atoms with Gasteiger partial charge >= 0.3 is 0 Å². The number of hydrogen-bond acceptors (Lipinski definition) is 3. The van der Waals surface area contributed by atoms with Crippen molar-refractivity contribution in [2.45, 2.75) is 45.3 Å². The zero-order valence-corrected chi connectivity index (χ0v) is 10.3. The second-order valence-electron chi connectivity index (χ2n) is 4.65. The Morgan fingerprint density at radius 1 is 1.40 bits per heavy atom. The first-order valence-electron chi connectivity index (χ1n) is 6.10. The van der Waals surface area contributed by atoms with E-state index < -0.39 is 0 Å². The highest BCUT2D eigenvalue weighted by molar-refractivity contribution is 4.79. The Balaban J connectivity index is 2.30. The molecule has 1 N–H and O–H groups in total. The highest BCUT2D eigenvalue weighted by atomic mass is 16.5. The predicted molar refractivity (Wildman–Crippen MR) is 61.9 cm³/mol. The molecule has 0 aromatic rings. The van der Waals surface area contributed by atoms with Crippen molar-refractivity contribution in [3.05, 3.63) is 0 Å². The van der Waals surface area contributed by atoms with E-state index in [1.807, 2.05) is 6.92 Å². The van der Waals surface area contributed by atoms with Crippen LogP contribution in [-0.2, 0) is 4.74 Å². The fraction of sp³-hybridized carbons (Fsp3) is 1.00. The van der Waals surface area contributed by atoms with E-state index in [9.17, 15) is 5.11 Å². The number of methoxy groups -OCH3 is 1. The maximum atomic E-state index is 9.78. The summed E-state index contributed by atoms with van der Waals surface area (Å²) in [4.78, 5) is 2.40. The van der Waals surface area contributed by atoms with E-state index in [0.29, 0.717) is 6.04 Å². The van der Waals surface area contributed by atoms with Gasteiger partial charge in [0.1, 0.15) is 0 Å². The predicted octanol–water partition coefficient (Wildman–Crippen LogP) is 1.50. The summed E-state index contributed by atoms with van der Waals surface area (Å²) < 4.78 is 5.18. The Hall–Kier alpha value is -0.120. The fourth-order valence-electron chi connectivity index (χ4n) is 2.35. The van der Waals surface area contributed by atoms with E-state index in [1.54, 1.807) is 7.11 Å². The first-order valence-corrected chi connectivity index (χ1v) is 6.10. The molecule has 1 heterocycles. The van der Waals surface area contributed by atoms with Crippen LogP contribution in [0, 0.1) is 5.92 Å². The number of rotatable bonds is 5. The first-order chi connectivity index (χ1) is 7.19. The summed E-state index contributed by atoms with van der Waals surface area (Å²) in [7, 11) is 1.77. The first kappa shape index (κ1) is 12.9. The lowest BCUT2D eigenvalue weighted by Gasteiger charge is -2.37. The minimum atomic E-state index is -0.177. The number of aliphatic hydroxyl groups is 1. The van der Waals surface area contributed by atoms with E-state index in [0.717, 1.165) is 32.0 Å². The van der Waals surface area contributed by atoms with Gasteiger partial charge in [-0.1, -0.05) is 6.92 Å². The van der Waals surface area contributed by atoms with Crippen molar-refractivity contribution >= 4 is 0 Å². The Morgan fingerprint density at radius 3 is 2.47 bits per heavy atom. The van der Waals surface area contributed by atoms with Crippen molar-refractivity contribution in [1.29, 1.82) is 0 Å².